The number of unbranched alkanes of at least 4 members (excludes halogenated alkanes) is 13. The Kier molecular flexibility index (Phi) is 15.2. The fraction of sp³-hybridized carbons (Fsp3) is 0.955. The molecule has 148 valence electrons. The third-order valence-corrected chi connectivity index (χ3v) is 5.37. The smallest absolute Gasteiger partial charge is 0.0990 e. The molecule has 1 rings (SSSR count). The highest BCUT2D eigenvalue weighted by Crippen LogP contribution is 2.15. The number of nitrogens with zero attached hydrogens (tertiary/aromatic N) is 2. The third kappa shape index (κ3) is 12.4. The van der Waals surface area contributed by atoms with Crippen molar-refractivity contribution in [3.05, 3.63) is 0 Å². The lowest BCUT2D eigenvalue weighted by Crippen LogP contribution is -2.29. The zero-order valence-electron chi connectivity index (χ0n) is 17.0. The summed E-state index contributed by atoms with van der Waals surface area (Å²) in [6, 6.07) is 0. The highest BCUT2D eigenvalue weighted by Gasteiger charge is 2.15. The van der Waals surface area contributed by atoms with Crippen molar-refractivity contribution in [2.45, 2.75) is 110 Å². The average Bonchev–Trinajstić information content (AvgIpc) is 3.07. The van der Waals surface area contributed by atoms with Gasteiger partial charge in [0.2, 0.25) is 0 Å². The Balaban J connectivity index is 1.80. The van der Waals surface area contributed by atoms with Crippen molar-refractivity contribution in [3.8, 4) is 0 Å². The van der Waals surface area contributed by atoms with E-state index in [9.17, 15) is 0 Å². The molecule has 0 saturated heterocycles. The van der Waals surface area contributed by atoms with Crippen LogP contribution in [0.1, 0.15) is 110 Å². The van der Waals surface area contributed by atoms with E-state index in [1.54, 1.807) is 0 Å². The number of amidine groups is 1. The Hall–Kier alpha value is -0.570. The minimum atomic E-state index is 0.294. The van der Waals surface area contributed by atoms with Crippen LogP contribution in [0.15, 0.2) is 4.99 Å². The standard InChI is InChI=1S/C22H44N2O/c1-2-3-4-5-6-7-8-9-10-11-12-13-14-15-17-22-23-18-20-24(22)19-16-21-25/h25H,2-21H2,1H3. The highest BCUT2D eigenvalue weighted by atomic mass is 16.3. The lowest BCUT2D eigenvalue weighted by Gasteiger charge is -2.19. The van der Waals surface area contributed by atoms with Crippen LogP contribution in [0.25, 0.3) is 0 Å². The van der Waals surface area contributed by atoms with Crippen molar-refractivity contribution in [1.29, 1.82) is 0 Å². The summed E-state index contributed by atoms with van der Waals surface area (Å²) in [6.45, 7) is 5.58. The zero-order valence-corrected chi connectivity index (χ0v) is 17.0. The number of hydrogen-bond donors (Lipinski definition) is 1. The van der Waals surface area contributed by atoms with Crippen LogP contribution >= 0.6 is 0 Å². The Morgan fingerprint density at radius 1 is 0.760 bits per heavy atom. The van der Waals surface area contributed by atoms with Gasteiger partial charge in [-0.1, -0.05) is 90.4 Å². The molecule has 1 N–H and O–H groups in total. The van der Waals surface area contributed by atoms with Gasteiger partial charge in [0.15, 0.2) is 0 Å². The van der Waals surface area contributed by atoms with Gasteiger partial charge in [0.05, 0.1) is 12.4 Å². The SMILES string of the molecule is CCCCCCCCCCCCCCCCC1=NCCN1CCCO. The third-order valence-electron chi connectivity index (χ3n) is 5.37. The molecular formula is C22H44N2O. The first kappa shape index (κ1) is 22.5. The zero-order chi connectivity index (χ0) is 18.0. The highest BCUT2D eigenvalue weighted by molar-refractivity contribution is 5.83. The summed E-state index contributed by atoms with van der Waals surface area (Å²) < 4.78 is 0. The van der Waals surface area contributed by atoms with Crippen LogP contribution in [-0.2, 0) is 0 Å². The van der Waals surface area contributed by atoms with Crippen LogP contribution in [0.5, 0.6) is 0 Å². The maximum atomic E-state index is 8.95. The predicted molar refractivity (Wildman–Crippen MR) is 111 cm³/mol. The first-order valence-corrected chi connectivity index (χ1v) is 11.3. The van der Waals surface area contributed by atoms with E-state index in [0.717, 1.165) is 32.5 Å². The number of hydrogen-bond acceptors (Lipinski definition) is 3. The van der Waals surface area contributed by atoms with E-state index in [2.05, 4.69) is 16.8 Å². The Morgan fingerprint density at radius 3 is 1.80 bits per heavy atom. The van der Waals surface area contributed by atoms with Crippen LogP contribution < -0.4 is 0 Å². The van der Waals surface area contributed by atoms with Crippen molar-refractivity contribution in [2.24, 2.45) is 4.99 Å². The molecule has 0 aromatic heterocycles. The number of aliphatic imine (C=N–C) groups is 1. The molecule has 1 heterocycles. The second kappa shape index (κ2) is 16.9. The normalized spacial score (nSPS) is 14.3. The number of aliphatic hydroxyl groups excluding tert-OH is 1. The van der Waals surface area contributed by atoms with Gasteiger partial charge < -0.3 is 10.0 Å². The molecule has 0 atom stereocenters. The van der Waals surface area contributed by atoms with Crippen molar-refractivity contribution < 1.29 is 5.11 Å². The van der Waals surface area contributed by atoms with Crippen LogP contribution in [0.4, 0.5) is 0 Å². The molecule has 25 heavy (non-hydrogen) atoms. The molecule has 0 amide bonds. The van der Waals surface area contributed by atoms with Gasteiger partial charge in [-0.2, -0.15) is 0 Å². The van der Waals surface area contributed by atoms with Crippen molar-refractivity contribution in [2.75, 3.05) is 26.2 Å². The van der Waals surface area contributed by atoms with Crippen molar-refractivity contribution in [1.82, 2.24) is 4.90 Å². The minimum Gasteiger partial charge on any atom is -0.396 e. The second-order valence-electron chi connectivity index (χ2n) is 7.71. The fourth-order valence-corrected chi connectivity index (χ4v) is 3.75. The summed E-state index contributed by atoms with van der Waals surface area (Å²) in [7, 11) is 0. The molecule has 0 radical (unpaired) electrons. The summed E-state index contributed by atoms with van der Waals surface area (Å²) in [4.78, 5) is 7.00. The van der Waals surface area contributed by atoms with E-state index in [-0.39, 0.29) is 0 Å². The van der Waals surface area contributed by atoms with E-state index in [1.807, 2.05) is 0 Å². The summed E-state index contributed by atoms with van der Waals surface area (Å²) in [6.07, 6.45) is 21.8. The first-order chi connectivity index (χ1) is 12.4. The van der Waals surface area contributed by atoms with Gasteiger partial charge in [0, 0.05) is 26.1 Å². The van der Waals surface area contributed by atoms with E-state index < -0.39 is 0 Å². The van der Waals surface area contributed by atoms with Crippen LogP contribution in [0.3, 0.4) is 0 Å². The Labute approximate surface area is 157 Å². The number of aliphatic hydroxyl groups is 1. The summed E-state index contributed by atoms with van der Waals surface area (Å²) in [5, 5.41) is 8.95. The molecule has 0 aromatic rings. The van der Waals surface area contributed by atoms with Gasteiger partial charge in [0.1, 0.15) is 0 Å². The lowest BCUT2D eigenvalue weighted by molar-refractivity contribution is 0.269. The second-order valence-corrected chi connectivity index (χ2v) is 7.71. The molecule has 0 saturated carbocycles. The van der Waals surface area contributed by atoms with E-state index in [0.29, 0.717) is 6.61 Å². The Bertz CT molecular complexity index is 317. The summed E-state index contributed by atoms with van der Waals surface area (Å²) >= 11 is 0. The van der Waals surface area contributed by atoms with Crippen LogP contribution in [-0.4, -0.2) is 42.1 Å². The molecule has 0 spiro atoms. The molecule has 3 nitrogen and oxygen atoms in total. The number of rotatable bonds is 18. The quantitative estimate of drug-likeness (QED) is 0.309. The monoisotopic (exact) mass is 352 g/mol. The maximum absolute atomic E-state index is 8.95. The van der Waals surface area contributed by atoms with Gasteiger partial charge in [-0.3, -0.25) is 4.99 Å². The minimum absolute atomic E-state index is 0.294. The van der Waals surface area contributed by atoms with E-state index in [1.165, 1.54) is 95.7 Å². The van der Waals surface area contributed by atoms with Gasteiger partial charge in [-0.25, -0.2) is 0 Å². The molecule has 0 bridgehead atoms. The fourth-order valence-electron chi connectivity index (χ4n) is 3.75. The van der Waals surface area contributed by atoms with Gasteiger partial charge in [-0.05, 0) is 12.8 Å². The van der Waals surface area contributed by atoms with Gasteiger partial charge in [0.25, 0.3) is 0 Å². The van der Waals surface area contributed by atoms with Crippen molar-refractivity contribution in [3.63, 3.8) is 0 Å². The first-order valence-electron chi connectivity index (χ1n) is 11.3. The van der Waals surface area contributed by atoms with E-state index >= 15 is 0 Å². The molecule has 1 aliphatic rings. The van der Waals surface area contributed by atoms with E-state index in [4.69, 9.17) is 5.11 Å². The molecule has 0 fully saturated rings. The molecule has 0 aliphatic carbocycles. The van der Waals surface area contributed by atoms with Gasteiger partial charge >= 0.3 is 0 Å². The molecule has 3 heteroatoms. The maximum Gasteiger partial charge on any atom is 0.0990 e. The summed E-state index contributed by atoms with van der Waals surface area (Å²) in [5.74, 6) is 1.30. The largest absolute Gasteiger partial charge is 0.396 e. The summed E-state index contributed by atoms with van der Waals surface area (Å²) in [5.41, 5.74) is 0. The van der Waals surface area contributed by atoms with Crippen LogP contribution in [0.2, 0.25) is 0 Å². The average molecular weight is 353 g/mol. The predicted octanol–water partition coefficient (Wildman–Crippen LogP) is 5.95. The van der Waals surface area contributed by atoms with Gasteiger partial charge in [-0.15, -0.1) is 0 Å². The molecule has 0 aromatic carbocycles. The molecule has 0 unspecified atom stereocenters. The van der Waals surface area contributed by atoms with Crippen LogP contribution in [0, 0.1) is 0 Å². The lowest BCUT2D eigenvalue weighted by atomic mass is 10.0. The molecular weight excluding hydrogens is 308 g/mol. The molecule has 1 aliphatic heterocycles. The topological polar surface area (TPSA) is 35.8 Å². The van der Waals surface area contributed by atoms with Crippen molar-refractivity contribution >= 4 is 5.84 Å². The Morgan fingerprint density at radius 2 is 1.28 bits per heavy atom.